The van der Waals surface area contributed by atoms with Gasteiger partial charge < -0.3 is 15.4 Å². The molecule has 0 bridgehead atoms. The molecule has 0 saturated heterocycles. The van der Waals surface area contributed by atoms with E-state index in [4.69, 9.17) is 16.6 Å². The Morgan fingerprint density at radius 1 is 1.27 bits per heavy atom. The quantitative estimate of drug-likeness (QED) is 0.348. The number of sulfonamides is 1. The van der Waals surface area contributed by atoms with E-state index >= 15 is 0 Å². The largest absolute Gasteiger partial charge is 0.453 e. The molecule has 0 spiro atoms. The molecule has 2 aromatic heterocycles. The van der Waals surface area contributed by atoms with E-state index in [1.807, 2.05) is 20.8 Å². The number of anilines is 2. The van der Waals surface area contributed by atoms with E-state index in [0.29, 0.717) is 28.8 Å². The van der Waals surface area contributed by atoms with Gasteiger partial charge in [-0.05, 0) is 25.1 Å². The van der Waals surface area contributed by atoms with Crippen molar-refractivity contribution in [2.45, 2.75) is 39.2 Å². The molecule has 3 N–H and O–H groups in total. The summed E-state index contributed by atoms with van der Waals surface area (Å²) >= 11 is 7.92. The average molecular weight is 571 g/mol. The second kappa shape index (κ2) is 11.2. The lowest BCUT2D eigenvalue weighted by Crippen LogP contribution is -2.37. The van der Waals surface area contributed by atoms with Crippen molar-refractivity contribution in [3.8, 4) is 21.8 Å². The number of carbonyl (C=O) groups is 1. The van der Waals surface area contributed by atoms with Gasteiger partial charge in [0.2, 0.25) is 16.0 Å². The molecular formula is C23H28ClFN6O4S2. The van der Waals surface area contributed by atoms with Crippen molar-refractivity contribution in [3.63, 3.8) is 0 Å². The van der Waals surface area contributed by atoms with E-state index in [0.717, 1.165) is 17.3 Å². The van der Waals surface area contributed by atoms with Crippen LogP contribution in [0.5, 0.6) is 0 Å². The number of methoxy groups -OCH3 is 1. The molecule has 1 unspecified atom stereocenters. The Morgan fingerprint density at radius 2 is 1.97 bits per heavy atom. The number of ether oxygens (including phenoxy) is 1. The Bertz CT molecular complexity index is 1410. The number of benzene rings is 1. The number of nitrogens with zero attached hydrogens (tertiary/aromatic N) is 3. The lowest BCUT2D eigenvalue weighted by Gasteiger charge is -2.14. The summed E-state index contributed by atoms with van der Waals surface area (Å²) in [6.45, 7) is 8.10. The third-order valence-electron chi connectivity index (χ3n) is 4.86. The van der Waals surface area contributed by atoms with Crippen molar-refractivity contribution in [2.24, 2.45) is 0 Å². The van der Waals surface area contributed by atoms with Crippen molar-refractivity contribution in [1.82, 2.24) is 20.3 Å². The number of hydrogen-bond acceptors (Lipinski definition) is 9. The van der Waals surface area contributed by atoms with E-state index in [-0.39, 0.29) is 27.7 Å². The standard InChI is InChI=1S/C23H28ClFN6O4S2/c1-12(28-22(32)35-5)11-27-21-26-8-7-15(29-21)19-18(30-20(36-19)23(2,3)4)14-9-13(25)10-16(17(14)24)31-37(6,33)34/h7-10,12,31H,11H2,1-6H3,(H,28,32)(H,26,27,29). The highest BCUT2D eigenvalue weighted by molar-refractivity contribution is 7.92. The monoisotopic (exact) mass is 570 g/mol. The number of thiazole rings is 1. The molecule has 1 atom stereocenters. The molecule has 0 radical (unpaired) electrons. The van der Waals surface area contributed by atoms with Gasteiger partial charge in [0, 0.05) is 29.8 Å². The smallest absolute Gasteiger partial charge is 0.407 e. The predicted octanol–water partition coefficient (Wildman–Crippen LogP) is 4.89. The molecule has 1 aromatic carbocycles. The van der Waals surface area contributed by atoms with Gasteiger partial charge in [0.15, 0.2) is 0 Å². The first-order chi connectivity index (χ1) is 17.2. The third kappa shape index (κ3) is 7.49. The number of carbonyl (C=O) groups excluding carboxylic acids is 1. The number of aromatic nitrogens is 3. The van der Waals surface area contributed by atoms with E-state index in [1.165, 1.54) is 24.5 Å². The molecule has 3 rings (SSSR count). The number of alkyl carbamates (subject to hydrolysis) is 1. The van der Waals surface area contributed by atoms with Gasteiger partial charge in [-0.1, -0.05) is 32.4 Å². The second-order valence-corrected chi connectivity index (χ2v) is 12.4. The first-order valence-corrected chi connectivity index (χ1v) is 14.2. The van der Waals surface area contributed by atoms with Crippen LogP contribution in [-0.4, -0.2) is 55.4 Å². The third-order valence-corrected chi connectivity index (χ3v) is 7.36. The highest BCUT2D eigenvalue weighted by Gasteiger charge is 2.26. The van der Waals surface area contributed by atoms with Crippen molar-refractivity contribution in [2.75, 3.05) is 29.9 Å². The molecule has 0 aliphatic rings. The van der Waals surface area contributed by atoms with Crippen LogP contribution in [0.25, 0.3) is 21.8 Å². The fourth-order valence-corrected chi connectivity index (χ4v) is 5.13. The predicted molar refractivity (Wildman–Crippen MR) is 144 cm³/mol. The van der Waals surface area contributed by atoms with Crippen LogP contribution in [0.2, 0.25) is 5.02 Å². The Labute approximate surface area is 224 Å². The summed E-state index contributed by atoms with van der Waals surface area (Å²) in [4.78, 5) is 25.6. The van der Waals surface area contributed by atoms with E-state index < -0.39 is 21.9 Å². The minimum Gasteiger partial charge on any atom is -0.453 e. The van der Waals surface area contributed by atoms with E-state index in [2.05, 4.69) is 30.1 Å². The topological polar surface area (TPSA) is 135 Å². The maximum Gasteiger partial charge on any atom is 0.407 e. The summed E-state index contributed by atoms with van der Waals surface area (Å²) in [5.41, 5.74) is 0.661. The lowest BCUT2D eigenvalue weighted by atomic mass is 9.98. The van der Waals surface area contributed by atoms with Crippen LogP contribution in [0, 0.1) is 5.82 Å². The lowest BCUT2D eigenvalue weighted by molar-refractivity contribution is 0.168. The highest BCUT2D eigenvalue weighted by Crippen LogP contribution is 2.44. The maximum absolute atomic E-state index is 14.6. The van der Waals surface area contributed by atoms with Gasteiger partial charge in [0.05, 0.1) is 45.3 Å². The SMILES string of the molecule is COC(=O)NC(C)CNc1nccc(-c2sc(C(C)(C)C)nc2-c2cc(F)cc(NS(C)(=O)=O)c2Cl)n1. The average Bonchev–Trinajstić information content (AvgIpc) is 3.25. The Balaban J connectivity index is 2.07. The summed E-state index contributed by atoms with van der Waals surface area (Å²) in [7, 11) is -2.42. The first kappa shape index (κ1) is 28.5. The summed E-state index contributed by atoms with van der Waals surface area (Å²) in [6, 6.07) is 3.65. The number of rotatable bonds is 8. The van der Waals surface area contributed by atoms with Crippen molar-refractivity contribution < 1.29 is 22.3 Å². The minimum atomic E-state index is -3.71. The number of nitrogens with one attached hydrogen (secondary N) is 3. The van der Waals surface area contributed by atoms with Crippen LogP contribution in [0.1, 0.15) is 32.7 Å². The fourth-order valence-electron chi connectivity index (χ4n) is 3.16. The van der Waals surface area contributed by atoms with E-state index in [9.17, 15) is 17.6 Å². The van der Waals surface area contributed by atoms with Gasteiger partial charge in [-0.3, -0.25) is 4.72 Å². The zero-order valence-electron chi connectivity index (χ0n) is 21.1. The molecule has 200 valence electrons. The van der Waals surface area contributed by atoms with Crippen LogP contribution in [0.3, 0.4) is 0 Å². The van der Waals surface area contributed by atoms with Crippen LogP contribution < -0.4 is 15.4 Å². The summed E-state index contributed by atoms with van der Waals surface area (Å²) in [5.74, 6) is -0.378. The first-order valence-electron chi connectivity index (χ1n) is 11.1. The van der Waals surface area contributed by atoms with Crippen LogP contribution in [0.15, 0.2) is 24.4 Å². The summed E-state index contributed by atoms with van der Waals surface area (Å²) < 4.78 is 45.1. The molecule has 37 heavy (non-hydrogen) atoms. The van der Waals surface area contributed by atoms with Crippen LogP contribution >= 0.6 is 22.9 Å². The normalized spacial score (nSPS) is 12.6. The number of halogens is 2. The number of hydrogen-bond donors (Lipinski definition) is 3. The van der Waals surface area contributed by atoms with Gasteiger partial charge in [-0.15, -0.1) is 11.3 Å². The fraction of sp³-hybridized carbons (Fsp3) is 0.391. The van der Waals surface area contributed by atoms with Crippen LogP contribution in [0.4, 0.5) is 20.8 Å². The molecule has 0 aliphatic carbocycles. The van der Waals surface area contributed by atoms with E-state index in [1.54, 1.807) is 19.2 Å². The summed E-state index contributed by atoms with van der Waals surface area (Å²) in [5, 5.41) is 6.47. The second-order valence-electron chi connectivity index (χ2n) is 9.32. The molecule has 3 aromatic rings. The van der Waals surface area contributed by atoms with Gasteiger partial charge >= 0.3 is 6.09 Å². The maximum atomic E-state index is 14.6. The zero-order valence-corrected chi connectivity index (χ0v) is 23.5. The molecule has 0 saturated carbocycles. The molecule has 2 heterocycles. The van der Waals surface area contributed by atoms with Crippen molar-refractivity contribution in [3.05, 3.63) is 40.2 Å². The molecule has 1 amide bonds. The van der Waals surface area contributed by atoms with Crippen molar-refractivity contribution in [1.29, 1.82) is 0 Å². The van der Waals surface area contributed by atoms with Gasteiger partial charge in [-0.2, -0.15) is 0 Å². The Hall–Kier alpha value is -3.03. The molecule has 14 heteroatoms. The van der Waals surface area contributed by atoms with Gasteiger partial charge in [0.1, 0.15) is 5.82 Å². The summed E-state index contributed by atoms with van der Waals surface area (Å²) in [6.07, 6.45) is 1.97. The number of amides is 1. The van der Waals surface area contributed by atoms with Crippen molar-refractivity contribution >= 4 is 50.7 Å². The van der Waals surface area contributed by atoms with Gasteiger partial charge in [-0.25, -0.2) is 32.6 Å². The highest BCUT2D eigenvalue weighted by atomic mass is 35.5. The minimum absolute atomic E-state index is 0.00829. The Kier molecular flexibility index (Phi) is 8.60. The Morgan fingerprint density at radius 3 is 2.59 bits per heavy atom. The van der Waals surface area contributed by atoms with Gasteiger partial charge in [0.25, 0.3) is 0 Å². The molecular weight excluding hydrogens is 543 g/mol. The van der Waals surface area contributed by atoms with Crippen LogP contribution in [-0.2, 0) is 20.2 Å². The molecule has 10 nitrogen and oxygen atoms in total. The zero-order chi connectivity index (χ0) is 27.5. The molecule has 0 aliphatic heterocycles. The molecule has 0 fully saturated rings.